The van der Waals surface area contributed by atoms with Crippen LogP contribution >= 0.6 is 0 Å². The number of aromatic hydroxyl groups is 1. The lowest BCUT2D eigenvalue weighted by Gasteiger charge is -2.27. The molecule has 1 unspecified atom stereocenters. The number of nitrogens with zero attached hydrogens (tertiary/aromatic N) is 1. The van der Waals surface area contributed by atoms with Crippen LogP contribution in [0.3, 0.4) is 0 Å². The molecule has 1 N–H and O–H groups in total. The first-order valence-corrected chi connectivity index (χ1v) is 8.00. The summed E-state index contributed by atoms with van der Waals surface area (Å²) in [5.74, 6) is 0.850. The molecule has 24 heavy (non-hydrogen) atoms. The molecule has 0 amide bonds. The van der Waals surface area contributed by atoms with Crippen LogP contribution in [0.4, 0.5) is 5.69 Å². The molecule has 4 nitrogen and oxygen atoms in total. The lowest BCUT2D eigenvalue weighted by Crippen LogP contribution is -2.24. The van der Waals surface area contributed by atoms with Crippen molar-refractivity contribution in [3.8, 4) is 17.2 Å². The van der Waals surface area contributed by atoms with E-state index in [1.165, 1.54) is 11.1 Å². The monoisotopic (exact) mass is 321 g/mol. The number of para-hydroxylation sites is 1. The van der Waals surface area contributed by atoms with Gasteiger partial charge in [-0.3, -0.25) is 4.99 Å². The fourth-order valence-corrected chi connectivity index (χ4v) is 3.81. The molecule has 1 aliphatic carbocycles. The number of phenolic OH excluding ortho intramolecular Hbond substituents is 1. The summed E-state index contributed by atoms with van der Waals surface area (Å²) in [6, 6.07) is 12.0. The molecule has 0 saturated heterocycles. The van der Waals surface area contributed by atoms with Crippen molar-refractivity contribution in [1.82, 2.24) is 0 Å². The zero-order valence-corrected chi connectivity index (χ0v) is 13.7. The fourth-order valence-electron chi connectivity index (χ4n) is 3.81. The highest BCUT2D eigenvalue weighted by molar-refractivity contribution is 6.01. The number of rotatable bonds is 3. The standard InChI is InChI=1S/C20H19NO3/c1-23-17-10-13(11-18(24-2)19(17)22)14-7-5-9-20(14)12-21-16-8-4-3-6-15(16)20/h3-4,6-8,10-12,22H,5,9H2,1-2H3. The molecule has 1 atom stereocenters. The highest BCUT2D eigenvalue weighted by Crippen LogP contribution is 2.53. The molecule has 2 aromatic rings. The number of fused-ring (bicyclic) bond motifs is 2. The van der Waals surface area contributed by atoms with Gasteiger partial charge >= 0.3 is 0 Å². The summed E-state index contributed by atoms with van der Waals surface area (Å²) in [4.78, 5) is 4.64. The van der Waals surface area contributed by atoms with Crippen molar-refractivity contribution in [2.24, 2.45) is 4.99 Å². The average molecular weight is 321 g/mol. The summed E-state index contributed by atoms with van der Waals surface area (Å²) in [6.07, 6.45) is 6.29. The van der Waals surface area contributed by atoms with Crippen LogP contribution in [0.2, 0.25) is 0 Å². The second-order valence-corrected chi connectivity index (χ2v) is 6.13. The summed E-state index contributed by atoms with van der Waals surface area (Å²) in [6.45, 7) is 0. The Morgan fingerprint density at radius 1 is 1.08 bits per heavy atom. The van der Waals surface area contributed by atoms with Gasteiger partial charge in [0.05, 0.1) is 25.3 Å². The van der Waals surface area contributed by atoms with Gasteiger partial charge < -0.3 is 14.6 Å². The van der Waals surface area contributed by atoms with Crippen molar-refractivity contribution in [1.29, 1.82) is 0 Å². The van der Waals surface area contributed by atoms with E-state index in [0.717, 1.165) is 24.1 Å². The molecule has 1 aliphatic heterocycles. The Morgan fingerprint density at radius 3 is 2.50 bits per heavy atom. The Kier molecular flexibility index (Phi) is 3.34. The highest BCUT2D eigenvalue weighted by Gasteiger charge is 2.42. The molecule has 0 saturated carbocycles. The largest absolute Gasteiger partial charge is 0.502 e. The SMILES string of the molecule is COc1cc(C2=CCCC23C=Nc2ccccc23)cc(OC)c1O. The molecule has 0 aromatic heterocycles. The van der Waals surface area contributed by atoms with E-state index < -0.39 is 0 Å². The van der Waals surface area contributed by atoms with Crippen molar-refractivity contribution in [3.63, 3.8) is 0 Å². The van der Waals surface area contributed by atoms with Crippen LogP contribution < -0.4 is 9.47 Å². The van der Waals surface area contributed by atoms with E-state index in [1.807, 2.05) is 18.2 Å². The lowest BCUT2D eigenvalue weighted by molar-refractivity contribution is 0.339. The molecule has 2 aromatic carbocycles. The normalized spacial score (nSPS) is 21.0. The topological polar surface area (TPSA) is 51.0 Å². The molecule has 122 valence electrons. The van der Waals surface area contributed by atoms with Crippen LogP contribution in [0, 0.1) is 0 Å². The Balaban J connectivity index is 1.88. The smallest absolute Gasteiger partial charge is 0.200 e. The second kappa shape index (κ2) is 5.41. The third-order valence-electron chi connectivity index (χ3n) is 4.97. The highest BCUT2D eigenvalue weighted by atomic mass is 16.5. The summed E-state index contributed by atoms with van der Waals surface area (Å²) in [5, 5.41) is 10.2. The van der Waals surface area contributed by atoms with E-state index in [-0.39, 0.29) is 11.2 Å². The van der Waals surface area contributed by atoms with Gasteiger partial charge in [0.2, 0.25) is 5.75 Å². The summed E-state index contributed by atoms with van der Waals surface area (Å²) in [5.41, 5.74) is 4.24. The van der Waals surface area contributed by atoms with Gasteiger partial charge in [-0.1, -0.05) is 24.3 Å². The predicted octanol–water partition coefficient (Wildman–Crippen LogP) is 4.24. The number of phenols is 1. The maximum Gasteiger partial charge on any atom is 0.200 e. The quantitative estimate of drug-likeness (QED) is 0.920. The molecule has 0 fully saturated rings. The first-order chi connectivity index (χ1) is 11.7. The Labute approximate surface area is 141 Å². The van der Waals surface area contributed by atoms with Gasteiger partial charge in [0, 0.05) is 6.21 Å². The van der Waals surface area contributed by atoms with Crippen molar-refractivity contribution in [3.05, 3.63) is 53.6 Å². The van der Waals surface area contributed by atoms with Gasteiger partial charge in [-0.05, 0) is 47.7 Å². The minimum absolute atomic E-state index is 0.0249. The summed E-state index contributed by atoms with van der Waals surface area (Å²) < 4.78 is 10.6. The number of allylic oxidation sites excluding steroid dienone is 2. The van der Waals surface area contributed by atoms with Crippen molar-refractivity contribution >= 4 is 17.5 Å². The molecule has 1 heterocycles. The van der Waals surface area contributed by atoms with Crippen molar-refractivity contribution in [2.75, 3.05) is 14.2 Å². The van der Waals surface area contributed by atoms with Crippen LogP contribution in [0.15, 0.2) is 47.5 Å². The molecule has 4 rings (SSSR count). The third-order valence-corrected chi connectivity index (χ3v) is 4.97. The number of benzene rings is 2. The van der Waals surface area contributed by atoms with E-state index in [9.17, 15) is 5.11 Å². The number of aliphatic imine (C=N–C) groups is 1. The number of methoxy groups -OCH3 is 2. The Morgan fingerprint density at radius 2 is 1.79 bits per heavy atom. The van der Waals surface area contributed by atoms with E-state index in [4.69, 9.17) is 9.47 Å². The van der Waals surface area contributed by atoms with Crippen LogP contribution in [0.5, 0.6) is 17.2 Å². The Bertz CT molecular complexity index is 844. The van der Waals surface area contributed by atoms with E-state index in [0.29, 0.717) is 11.5 Å². The maximum atomic E-state index is 10.2. The fraction of sp³-hybridized carbons (Fsp3) is 0.250. The molecule has 4 heteroatoms. The molecule has 0 radical (unpaired) electrons. The van der Waals surface area contributed by atoms with E-state index in [1.54, 1.807) is 14.2 Å². The van der Waals surface area contributed by atoms with Crippen molar-refractivity contribution < 1.29 is 14.6 Å². The Hall–Kier alpha value is -2.75. The van der Waals surface area contributed by atoms with E-state index in [2.05, 4.69) is 35.5 Å². The summed E-state index contributed by atoms with van der Waals surface area (Å²) >= 11 is 0. The number of ether oxygens (including phenoxy) is 2. The third kappa shape index (κ3) is 1.96. The van der Waals surface area contributed by atoms with Crippen LogP contribution in [0.1, 0.15) is 24.0 Å². The summed E-state index contributed by atoms with van der Waals surface area (Å²) in [7, 11) is 3.09. The zero-order chi connectivity index (χ0) is 16.7. The number of hydrogen-bond donors (Lipinski definition) is 1. The molecular formula is C20H19NO3. The van der Waals surface area contributed by atoms with Crippen LogP contribution in [-0.4, -0.2) is 25.5 Å². The maximum absolute atomic E-state index is 10.2. The second-order valence-electron chi connectivity index (χ2n) is 6.13. The molecule has 0 bridgehead atoms. The van der Waals surface area contributed by atoms with Gasteiger partial charge in [0.25, 0.3) is 0 Å². The minimum Gasteiger partial charge on any atom is -0.502 e. The number of hydrogen-bond acceptors (Lipinski definition) is 4. The molecular weight excluding hydrogens is 302 g/mol. The van der Waals surface area contributed by atoms with Gasteiger partial charge in [0.15, 0.2) is 11.5 Å². The van der Waals surface area contributed by atoms with Crippen LogP contribution in [0.25, 0.3) is 5.57 Å². The lowest BCUT2D eigenvalue weighted by atomic mass is 9.74. The molecule has 2 aliphatic rings. The molecule has 1 spiro atoms. The van der Waals surface area contributed by atoms with Gasteiger partial charge in [-0.15, -0.1) is 0 Å². The van der Waals surface area contributed by atoms with Crippen molar-refractivity contribution in [2.45, 2.75) is 18.3 Å². The van der Waals surface area contributed by atoms with Crippen LogP contribution in [-0.2, 0) is 5.41 Å². The van der Waals surface area contributed by atoms with Gasteiger partial charge in [-0.2, -0.15) is 0 Å². The average Bonchev–Trinajstić information content (AvgIpc) is 3.21. The van der Waals surface area contributed by atoms with Gasteiger partial charge in [0.1, 0.15) is 0 Å². The minimum atomic E-state index is -0.205. The zero-order valence-electron chi connectivity index (χ0n) is 13.7. The first kappa shape index (κ1) is 14.8. The predicted molar refractivity (Wildman–Crippen MR) is 94.7 cm³/mol. The first-order valence-electron chi connectivity index (χ1n) is 8.00. The van der Waals surface area contributed by atoms with Gasteiger partial charge in [-0.25, -0.2) is 0 Å². The van der Waals surface area contributed by atoms with E-state index >= 15 is 0 Å².